The van der Waals surface area contributed by atoms with Gasteiger partial charge in [-0.1, -0.05) is 89.4 Å². The Bertz CT molecular complexity index is 1210. The summed E-state index contributed by atoms with van der Waals surface area (Å²) in [7, 11) is 0. The fourth-order valence-corrected chi connectivity index (χ4v) is 3.91. The third-order valence-corrected chi connectivity index (χ3v) is 6.26. The van der Waals surface area contributed by atoms with Crippen LogP contribution in [0.1, 0.15) is 71.9 Å². The first-order valence-corrected chi connectivity index (χ1v) is 15.8. The molecule has 0 fully saturated rings. The molecule has 0 aliphatic heterocycles. The molecule has 0 aliphatic carbocycles. The van der Waals surface area contributed by atoms with Gasteiger partial charge in [0.1, 0.15) is 0 Å². The second kappa shape index (κ2) is 18.7. The Morgan fingerprint density at radius 2 is 1.25 bits per heavy atom. The van der Waals surface area contributed by atoms with Gasteiger partial charge in [-0.15, -0.1) is 46.3 Å². The van der Waals surface area contributed by atoms with Crippen molar-refractivity contribution >= 4 is 25.8 Å². The van der Waals surface area contributed by atoms with Crippen LogP contribution in [0.2, 0.25) is 0 Å². The molecule has 1 heteroatoms. The zero-order valence-corrected chi connectivity index (χ0v) is 28.1. The molecule has 0 spiro atoms. The minimum absolute atomic E-state index is 0.203. The number of allylic oxidation sites excluding steroid dienone is 1. The van der Waals surface area contributed by atoms with Crippen molar-refractivity contribution in [3.8, 4) is 0 Å². The Hall–Kier alpha value is -2.63. The van der Waals surface area contributed by atoms with E-state index in [0.29, 0.717) is 0 Å². The minimum Gasteiger partial charge on any atom is -0.214 e. The monoisotopic (exact) mass is 606 g/mol. The number of hydrogen-bond acceptors (Lipinski definition) is 0. The Kier molecular flexibility index (Phi) is 16.5. The number of rotatable bonds is 3. The van der Waals surface area contributed by atoms with Crippen LogP contribution < -0.4 is 0 Å². The molecule has 0 bridgehead atoms. The predicted octanol–water partition coefficient (Wildman–Crippen LogP) is 11.3. The maximum absolute atomic E-state index is 3.68. The molecule has 0 nitrogen and oxygen atoms in total. The molecule has 0 aliphatic rings. The van der Waals surface area contributed by atoms with Gasteiger partial charge < -0.3 is 6.92 Å². The Balaban J connectivity index is 0.000000341. The predicted molar refractivity (Wildman–Crippen MR) is 178 cm³/mol. The molecule has 0 saturated heterocycles. The van der Waals surface area contributed by atoms with Crippen LogP contribution in [0.15, 0.2) is 116 Å². The van der Waals surface area contributed by atoms with E-state index in [0.717, 1.165) is 12.8 Å². The van der Waals surface area contributed by atoms with Crippen molar-refractivity contribution in [3.05, 3.63) is 140 Å². The summed E-state index contributed by atoms with van der Waals surface area (Å²) in [5.74, 6) is 0. The van der Waals surface area contributed by atoms with Crippen LogP contribution in [0.4, 0.5) is 0 Å². The molecule has 0 unspecified atom stereocenters. The fraction of sp³-hybridized carbons (Fsp3) is 0.282. The van der Waals surface area contributed by atoms with E-state index in [2.05, 4.69) is 108 Å². The Labute approximate surface area is 260 Å². The van der Waals surface area contributed by atoms with Gasteiger partial charge in [0.15, 0.2) is 0 Å². The summed E-state index contributed by atoms with van der Waals surface area (Å²) in [4.78, 5) is 0. The first-order valence-electron chi connectivity index (χ1n) is 14.1. The van der Waals surface area contributed by atoms with Crippen molar-refractivity contribution in [2.75, 3.05) is 0 Å². The van der Waals surface area contributed by atoms with Gasteiger partial charge in [-0.25, -0.2) is 12.1 Å². The second-order valence-electron chi connectivity index (χ2n) is 11.6. The number of hydrogen-bond donors (Lipinski definition) is 0. The zero-order chi connectivity index (χ0) is 30.0. The summed E-state index contributed by atoms with van der Waals surface area (Å²) < 4.78 is 3.34. The molecule has 0 amide bonds. The van der Waals surface area contributed by atoms with E-state index in [9.17, 15) is 0 Å². The fourth-order valence-electron chi connectivity index (χ4n) is 3.91. The molecule has 5 aromatic carbocycles. The molecule has 0 radical (unpaired) electrons. The quantitative estimate of drug-likeness (QED) is 0.109. The van der Waals surface area contributed by atoms with Gasteiger partial charge in [-0.3, -0.25) is 0 Å². The van der Waals surface area contributed by atoms with Crippen LogP contribution in [0.3, 0.4) is 0 Å². The van der Waals surface area contributed by atoms with Crippen LogP contribution in [0.5, 0.6) is 0 Å². The molecule has 212 valence electrons. The second-order valence-corrected chi connectivity index (χ2v) is 11.6. The molecule has 40 heavy (non-hydrogen) atoms. The number of benzene rings is 3. The van der Waals surface area contributed by atoms with Gasteiger partial charge in [0.25, 0.3) is 0 Å². The number of fused-ring (bicyclic) bond motifs is 3. The average molecular weight is 608 g/mol. The topological polar surface area (TPSA) is 0 Å². The molecular weight excluding hydrogens is 560 g/mol. The first kappa shape index (κ1) is 35.4. The summed E-state index contributed by atoms with van der Waals surface area (Å²) in [6.45, 7) is 20.9. The summed E-state index contributed by atoms with van der Waals surface area (Å²) in [6, 6.07) is 38.7. The summed E-state index contributed by atoms with van der Waals surface area (Å²) in [5, 5.41) is 5.48. The zero-order valence-electron chi connectivity index (χ0n) is 25.6. The molecule has 0 heterocycles. The van der Waals surface area contributed by atoms with Crippen LogP contribution in [-0.4, -0.2) is 4.21 Å². The van der Waals surface area contributed by atoms with Crippen LogP contribution in [0.25, 0.3) is 21.5 Å². The van der Waals surface area contributed by atoms with E-state index in [1.807, 2.05) is 66.7 Å². The van der Waals surface area contributed by atoms with Crippen molar-refractivity contribution < 1.29 is 24.2 Å². The van der Waals surface area contributed by atoms with Gasteiger partial charge in [0.05, 0.1) is 0 Å². The number of unbranched alkanes of at least 4 members (excludes halogenated alkanes) is 2. The van der Waals surface area contributed by atoms with Crippen molar-refractivity contribution in [2.24, 2.45) is 0 Å². The normalized spacial score (nSPS) is 10.4. The Morgan fingerprint density at radius 1 is 0.775 bits per heavy atom. The van der Waals surface area contributed by atoms with Gasteiger partial charge in [-0.2, -0.15) is 61.0 Å². The molecule has 5 rings (SSSR count). The molecule has 0 saturated carbocycles. The third kappa shape index (κ3) is 12.7. The van der Waals surface area contributed by atoms with E-state index < -0.39 is 0 Å². The van der Waals surface area contributed by atoms with Crippen molar-refractivity contribution in [3.63, 3.8) is 0 Å². The van der Waals surface area contributed by atoms with Gasteiger partial charge in [0.2, 0.25) is 0 Å². The minimum atomic E-state index is 0.203. The molecule has 5 aromatic rings. The Morgan fingerprint density at radius 3 is 1.50 bits per heavy atom. The van der Waals surface area contributed by atoms with Crippen molar-refractivity contribution in [2.45, 2.75) is 71.6 Å². The largest absolute Gasteiger partial charge is 0.214 e. The van der Waals surface area contributed by atoms with Crippen molar-refractivity contribution in [1.82, 2.24) is 0 Å². The third-order valence-electron chi connectivity index (χ3n) is 6.26. The summed E-state index contributed by atoms with van der Waals surface area (Å²) in [6.07, 6.45) is 5.25. The maximum atomic E-state index is 3.68. The van der Waals surface area contributed by atoms with Gasteiger partial charge >= 0.3 is 28.4 Å². The van der Waals surface area contributed by atoms with E-state index in [1.54, 1.807) is 0 Å². The van der Waals surface area contributed by atoms with Gasteiger partial charge in [-0.05, 0) is 17.3 Å². The van der Waals surface area contributed by atoms with E-state index in [-0.39, 0.29) is 10.8 Å². The maximum Gasteiger partial charge on any atom is -0.171 e. The SMILES string of the molecule is C=CCCC[CH2-].CC(C)(C)c1ccc2c(c1)[cH-]c1cc(C(C)(C)C)ccc12.[CH2]=[Zr].[c-]1ccccc1.c1cc[cH-]c1. The van der Waals surface area contributed by atoms with Crippen LogP contribution >= 0.6 is 0 Å². The molecule has 0 atom stereocenters. The summed E-state index contributed by atoms with van der Waals surface area (Å²) in [5.41, 5.74) is 3.21. The molecular formula is C39H48Zr-4. The smallest absolute Gasteiger partial charge is 0.171 e. The summed E-state index contributed by atoms with van der Waals surface area (Å²) >= 11 is 1.30. The molecule has 0 N–H and O–H groups in total. The van der Waals surface area contributed by atoms with Crippen LogP contribution in [-0.2, 0) is 35.1 Å². The first-order chi connectivity index (χ1) is 19.1. The van der Waals surface area contributed by atoms with Crippen LogP contribution in [0, 0.1) is 13.0 Å². The standard InChI is InChI=1S/C21H25.C6H5.C6H11.C5H5.CH2.Zr/c1-20(2,3)16-7-9-18-14(12-16)11-15-13-17(21(4,5)6)8-10-19(15)18;1-2-4-6-5-3-1;1-3-5-6-4-2;1-2-4-5-3-1;;/h7-13H,1-6H3;1-5H;3H,1-2,4-6H2;1-5H;1H2;/q4*-1;;. The van der Waals surface area contributed by atoms with E-state index in [4.69, 9.17) is 0 Å². The van der Waals surface area contributed by atoms with Crippen molar-refractivity contribution in [1.29, 1.82) is 0 Å². The average Bonchev–Trinajstić information content (AvgIpc) is 3.65. The van der Waals surface area contributed by atoms with E-state index >= 15 is 0 Å². The van der Waals surface area contributed by atoms with Gasteiger partial charge in [0, 0.05) is 0 Å². The van der Waals surface area contributed by atoms with E-state index in [1.165, 1.54) is 63.3 Å². The molecule has 0 aromatic heterocycles.